The van der Waals surface area contributed by atoms with Crippen LogP contribution in [0.5, 0.6) is 11.5 Å². The second-order valence-corrected chi connectivity index (χ2v) is 6.82. The Labute approximate surface area is 162 Å². The topological polar surface area (TPSA) is 60.6 Å². The molecule has 0 spiro atoms. The van der Waals surface area contributed by atoms with Crippen molar-refractivity contribution in [3.05, 3.63) is 71.1 Å². The van der Waals surface area contributed by atoms with Gasteiger partial charge in [-0.2, -0.15) is 4.98 Å². The van der Waals surface area contributed by atoms with Crippen molar-refractivity contribution in [1.82, 2.24) is 15.0 Å². The number of aromatic nitrogens is 2. The summed E-state index contributed by atoms with van der Waals surface area (Å²) in [5.74, 6) is 2.52. The maximum atomic E-state index is 13.0. The molecule has 0 bridgehead atoms. The summed E-state index contributed by atoms with van der Waals surface area (Å²) in [6, 6.07) is 12.1. The van der Waals surface area contributed by atoms with Gasteiger partial charge in [-0.1, -0.05) is 23.4 Å². The Morgan fingerprint density at radius 2 is 2.04 bits per heavy atom. The lowest BCUT2D eigenvalue weighted by Gasteiger charge is -2.24. The number of ether oxygens (including phenoxy) is 2. The Bertz CT molecular complexity index is 942. The molecule has 2 heterocycles. The molecule has 0 saturated carbocycles. The van der Waals surface area contributed by atoms with Crippen LogP contribution in [0.2, 0.25) is 0 Å². The third-order valence-corrected chi connectivity index (χ3v) is 4.95. The quantitative estimate of drug-likeness (QED) is 0.669. The van der Waals surface area contributed by atoms with Crippen molar-refractivity contribution < 1.29 is 18.4 Å². The van der Waals surface area contributed by atoms with Crippen LogP contribution in [0.1, 0.15) is 35.8 Å². The molecule has 146 valence electrons. The monoisotopic (exact) mass is 383 g/mol. The second-order valence-electron chi connectivity index (χ2n) is 6.82. The molecule has 1 aliphatic heterocycles. The average Bonchev–Trinajstić information content (AvgIpc) is 3.07. The van der Waals surface area contributed by atoms with E-state index in [1.54, 1.807) is 19.2 Å². The first-order valence-corrected chi connectivity index (χ1v) is 9.23. The summed E-state index contributed by atoms with van der Waals surface area (Å²) in [6.07, 6.45) is 0.502. The van der Waals surface area contributed by atoms with Gasteiger partial charge in [-0.3, -0.25) is 4.90 Å². The lowest BCUT2D eigenvalue weighted by Crippen LogP contribution is -2.29. The van der Waals surface area contributed by atoms with Crippen LogP contribution in [0.4, 0.5) is 4.39 Å². The van der Waals surface area contributed by atoms with Gasteiger partial charge < -0.3 is 14.0 Å². The fourth-order valence-corrected chi connectivity index (χ4v) is 3.28. The Morgan fingerprint density at radius 1 is 1.21 bits per heavy atom. The number of hydrogen-bond acceptors (Lipinski definition) is 6. The Balaban J connectivity index is 1.47. The highest BCUT2D eigenvalue weighted by Crippen LogP contribution is 2.31. The minimum absolute atomic E-state index is 0.0499. The van der Waals surface area contributed by atoms with Gasteiger partial charge in [0.1, 0.15) is 23.9 Å². The molecule has 0 N–H and O–H groups in total. The maximum absolute atomic E-state index is 13.0. The third kappa shape index (κ3) is 3.99. The van der Waals surface area contributed by atoms with Crippen LogP contribution in [-0.2, 0) is 13.0 Å². The van der Waals surface area contributed by atoms with Crippen LogP contribution in [0.3, 0.4) is 0 Å². The number of benzene rings is 2. The van der Waals surface area contributed by atoms with Crippen molar-refractivity contribution in [2.24, 2.45) is 0 Å². The zero-order valence-electron chi connectivity index (χ0n) is 15.9. The van der Waals surface area contributed by atoms with Gasteiger partial charge in [0.2, 0.25) is 5.89 Å². The minimum Gasteiger partial charge on any atom is -0.497 e. The Morgan fingerprint density at radius 3 is 2.82 bits per heavy atom. The average molecular weight is 383 g/mol. The molecular formula is C21H22FN3O3. The normalized spacial score (nSPS) is 15.4. The van der Waals surface area contributed by atoms with E-state index in [1.165, 1.54) is 12.1 Å². The van der Waals surface area contributed by atoms with Gasteiger partial charge in [0.15, 0.2) is 5.82 Å². The molecule has 1 atom stereocenters. The fourth-order valence-electron chi connectivity index (χ4n) is 3.28. The molecule has 0 amide bonds. The second kappa shape index (κ2) is 7.98. The van der Waals surface area contributed by atoms with Gasteiger partial charge in [-0.05, 0) is 30.7 Å². The van der Waals surface area contributed by atoms with Crippen molar-refractivity contribution in [3.63, 3.8) is 0 Å². The highest BCUT2D eigenvalue weighted by atomic mass is 19.1. The molecule has 28 heavy (non-hydrogen) atoms. The van der Waals surface area contributed by atoms with E-state index in [9.17, 15) is 4.39 Å². The molecular weight excluding hydrogens is 361 g/mol. The predicted octanol–water partition coefficient (Wildman–Crippen LogP) is 3.76. The lowest BCUT2D eigenvalue weighted by molar-refractivity contribution is 0.151. The van der Waals surface area contributed by atoms with E-state index in [0.717, 1.165) is 35.7 Å². The van der Waals surface area contributed by atoms with Gasteiger partial charge in [-0.25, -0.2) is 4.39 Å². The number of halogens is 1. The van der Waals surface area contributed by atoms with Gasteiger partial charge in [0.25, 0.3) is 0 Å². The van der Waals surface area contributed by atoms with E-state index < -0.39 is 0 Å². The van der Waals surface area contributed by atoms with E-state index in [0.29, 0.717) is 24.7 Å². The molecule has 4 rings (SSSR count). The zero-order valence-corrected chi connectivity index (χ0v) is 15.9. The minimum atomic E-state index is -0.257. The standard InChI is InChI=1S/C21H22FN3O3/c1-14(21-23-20(24-28-21)11-15-3-6-17(22)7-4-15)25-9-10-27-19-12-18(26-2)8-5-16(19)13-25/h3-8,12,14H,9-11,13H2,1-2H3. The molecule has 3 aromatic rings. The smallest absolute Gasteiger partial charge is 0.243 e. The summed E-state index contributed by atoms with van der Waals surface area (Å²) in [7, 11) is 1.64. The van der Waals surface area contributed by atoms with E-state index >= 15 is 0 Å². The molecule has 0 saturated heterocycles. The van der Waals surface area contributed by atoms with Gasteiger partial charge in [0, 0.05) is 31.1 Å². The molecule has 6 nitrogen and oxygen atoms in total. The SMILES string of the molecule is COc1ccc2c(c1)OCCN(C(C)c1nc(Cc3ccc(F)cc3)no1)C2. The van der Waals surface area contributed by atoms with E-state index in [2.05, 4.69) is 15.0 Å². The predicted molar refractivity (Wildman–Crippen MR) is 101 cm³/mol. The van der Waals surface area contributed by atoms with Crippen LogP contribution < -0.4 is 9.47 Å². The molecule has 0 radical (unpaired) electrons. The van der Waals surface area contributed by atoms with Gasteiger partial charge >= 0.3 is 0 Å². The summed E-state index contributed by atoms with van der Waals surface area (Å²) in [6.45, 7) is 4.08. The van der Waals surface area contributed by atoms with Crippen LogP contribution in [0, 0.1) is 5.82 Å². The highest BCUT2D eigenvalue weighted by Gasteiger charge is 2.25. The number of rotatable bonds is 5. The zero-order chi connectivity index (χ0) is 19.5. The number of fused-ring (bicyclic) bond motifs is 1. The van der Waals surface area contributed by atoms with Crippen molar-refractivity contribution >= 4 is 0 Å². The van der Waals surface area contributed by atoms with E-state index in [-0.39, 0.29) is 11.9 Å². The molecule has 2 aromatic carbocycles. The molecule has 0 aliphatic carbocycles. The molecule has 1 unspecified atom stereocenters. The Hall–Kier alpha value is -2.93. The third-order valence-electron chi connectivity index (χ3n) is 4.95. The lowest BCUT2D eigenvalue weighted by atomic mass is 10.1. The Kier molecular flexibility index (Phi) is 5.25. The number of hydrogen-bond donors (Lipinski definition) is 0. The fraction of sp³-hybridized carbons (Fsp3) is 0.333. The van der Waals surface area contributed by atoms with Crippen LogP contribution in [0.15, 0.2) is 47.0 Å². The summed E-state index contributed by atoms with van der Waals surface area (Å²) in [4.78, 5) is 6.79. The summed E-state index contributed by atoms with van der Waals surface area (Å²) in [5, 5.41) is 4.09. The molecule has 0 fully saturated rings. The highest BCUT2D eigenvalue weighted by molar-refractivity contribution is 5.41. The maximum Gasteiger partial charge on any atom is 0.243 e. The van der Waals surface area contributed by atoms with E-state index in [4.69, 9.17) is 14.0 Å². The summed E-state index contributed by atoms with van der Waals surface area (Å²) >= 11 is 0. The number of methoxy groups -OCH3 is 1. The van der Waals surface area contributed by atoms with Crippen molar-refractivity contribution in [1.29, 1.82) is 0 Å². The molecule has 1 aliphatic rings. The first-order chi connectivity index (χ1) is 13.6. The van der Waals surface area contributed by atoms with E-state index in [1.807, 2.05) is 25.1 Å². The van der Waals surface area contributed by atoms with Crippen molar-refractivity contribution in [3.8, 4) is 11.5 Å². The first kappa shape index (κ1) is 18.4. The van der Waals surface area contributed by atoms with Gasteiger partial charge in [0.05, 0.1) is 13.2 Å². The number of nitrogens with zero attached hydrogens (tertiary/aromatic N) is 3. The van der Waals surface area contributed by atoms with Crippen molar-refractivity contribution in [2.75, 3.05) is 20.3 Å². The molecule has 1 aromatic heterocycles. The largest absolute Gasteiger partial charge is 0.497 e. The van der Waals surface area contributed by atoms with Crippen LogP contribution in [-0.4, -0.2) is 35.3 Å². The van der Waals surface area contributed by atoms with Crippen molar-refractivity contribution in [2.45, 2.75) is 25.9 Å². The van der Waals surface area contributed by atoms with Crippen LogP contribution in [0.25, 0.3) is 0 Å². The summed E-state index contributed by atoms with van der Waals surface area (Å²) < 4.78 is 29.7. The van der Waals surface area contributed by atoms with Gasteiger partial charge in [-0.15, -0.1) is 0 Å². The first-order valence-electron chi connectivity index (χ1n) is 9.23. The van der Waals surface area contributed by atoms with Crippen LogP contribution >= 0.6 is 0 Å². The molecule has 7 heteroatoms. The summed E-state index contributed by atoms with van der Waals surface area (Å²) in [5.41, 5.74) is 2.03.